The number of ether oxygens (including phenoxy) is 2. The van der Waals surface area contributed by atoms with Crippen molar-refractivity contribution in [3.63, 3.8) is 0 Å². The molecule has 0 spiro atoms. The standard InChI is InChI=1S/C29H28O6/c1-29(33)17-23(30)25(27(31)34-18-20-11-5-2-6-12-20)24(22-15-9-4-10-16-22)26(29)28(32)35-19-21-13-7-3-8-14-21/h2-16,24-26,33H,17-19H2,1H3. The van der Waals surface area contributed by atoms with E-state index in [1.165, 1.54) is 6.92 Å². The van der Waals surface area contributed by atoms with Crippen LogP contribution in [-0.4, -0.2) is 28.4 Å². The van der Waals surface area contributed by atoms with E-state index in [2.05, 4.69) is 0 Å². The molecule has 1 aliphatic carbocycles. The van der Waals surface area contributed by atoms with E-state index < -0.39 is 41.1 Å². The zero-order valence-electron chi connectivity index (χ0n) is 19.5. The maximum Gasteiger partial charge on any atom is 0.317 e. The Hall–Kier alpha value is -3.77. The molecule has 6 nitrogen and oxygen atoms in total. The molecule has 1 N–H and O–H groups in total. The van der Waals surface area contributed by atoms with Gasteiger partial charge in [-0.15, -0.1) is 0 Å². The van der Waals surface area contributed by atoms with E-state index in [0.717, 1.165) is 11.1 Å². The summed E-state index contributed by atoms with van der Waals surface area (Å²) in [5, 5.41) is 11.2. The van der Waals surface area contributed by atoms with Gasteiger partial charge in [0.2, 0.25) is 0 Å². The van der Waals surface area contributed by atoms with Crippen LogP contribution < -0.4 is 0 Å². The van der Waals surface area contributed by atoms with Crippen molar-refractivity contribution in [1.29, 1.82) is 0 Å². The highest BCUT2D eigenvalue weighted by Gasteiger charge is 2.57. The highest BCUT2D eigenvalue weighted by atomic mass is 16.5. The van der Waals surface area contributed by atoms with Crippen LogP contribution in [0.25, 0.3) is 0 Å². The van der Waals surface area contributed by atoms with Gasteiger partial charge in [-0.2, -0.15) is 0 Å². The molecular formula is C29H28O6. The lowest BCUT2D eigenvalue weighted by molar-refractivity contribution is -0.174. The van der Waals surface area contributed by atoms with Crippen molar-refractivity contribution in [1.82, 2.24) is 0 Å². The summed E-state index contributed by atoms with van der Waals surface area (Å²) < 4.78 is 11.1. The number of hydrogen-bond acceptors (Lipinski definition) is 6. The van der Waals surface area contributed by atoms with Crippen LogP contribution >= 0.6 is 0 Å². The molecule has 3 aromatic carbocycles. The molecule has 0 aromatic heterocycles. The first kappa shape index (κ1) is 24.4. The van der Waals surface area contributed by atoms with Crippen LogP contribution in [0.4, 0.5) is 0 Å². The molecule has 35 heavy (non-hydrogen) atoms. The molecule has 6 heteroatoms. The van der Waals surface area contributed by atoms with Crippen molar-refractivity contribution in [2.24, 2.45) is 11.8 Å². The Morgan fingerprint density at radius 1 is 0.800 bits per heavy atom. The lowest BCUT2D eigenvalue weighted by Crippen LogP contribution is -2.55. The van der Waals surface area contributed by atoms with Crippen LogP contribution in [0, 0.1) is 11.8 Å². The average molecular weight is 473 g/mol. The first-order valence-corrected chi connectivity index (χ1v) is 11.6. The van der Waals surface area contributed by atoms with Crippen LogP contribution in [0.15, 0.2) is 91.0 Å². The summed E-state index contributed by atoms with van der Waals surface area (Å²) in [7, 11) is 0. The van der Waals surface area contributed by atoms with Gasteiger partial charge in [0, 0.05) is 12.3 Å². The van der Waals surface area contributed by atoms with Crippen LogP contribution in [0.1, 0.15) is 36.0 Å². The fraction of sp³-hybridized carbons (Fsp3) is 0.276. The largest absolute Gasteiger partial charge is 0.461 e. The Balaban J connectivity index is 1.64. The summed E-state index contributed by atoms with van der Waals surface area (Å²) in [5.41, 5.74) is 0.472. The summed E-state index contributed by atoms with van der Waals surface area (Å²) in [4.78, 5) is 39.8. The molecule has 3 aromatic rings. The van der Waals surface area contributed by atoms with E-state index in [0.29, 0.717) is 5.56 Å². The predicted octanol–water partition coefficient (Wildman–Crippen LogP) is 4.21. The average Bonchev–Trinajstić information content (AvgIpc) is 2.86. The maximum absolute atomic E-state index is 13.4. The molecule has 0 saturated heterocycles. The number of aliphatic hydroxyl groups is 1. The van der Waals surface area contributed by atoms with E-state index in [4.69, 9.17) is 9.47 Å². The molecule has 4 unspecified atom stereocenters. The zero-order valence-corrected chi connectivity index (χ0v) is 19.5. The molecule has 0 aliphatic heterocycles. The summed E-state index contributed by atoms with van der Waals surface area (Å²) >= 11 is 0. The monoisotopic (exact) mass is 472 g/mol. The Bertz CT molecular complexity index is 1160. The topological polar surface area (TPSA) is 89.9 Å². The first-order chi connectivity index (χ1) is 16.9. The van der Waals surface area contributed by atoms with Gasteiger partial charge in [-0.3, -0.25) is 14.4 Å². The van der Waals surface area contributed by atoms with Crippen LogP contribution in [0.3, 0.4) is 0 Å². The number of hydrogen-bond donors (Lipinski definition) is 1. The van der Waals surface area contributed by atoms with Gasteiger partial charge < -0.3 is 14.6 Å². The van der Waals surface area contributed by atoms with Gasteiger partial charge in [-0.05, 0) is 23.6 Å². The molecule has 1 saturated carbocycles. The van der Waals surface area contributed by atoms with E-state index in [9.17, 15) is 19.5 Å². The van der Waals surface area contributed by atoms with Crippen molar-refractivity contribution in [2.75, 3.05) is 0 Å². The highest BCUT2D eigenvalue weighted by Crippen LogP contribution is 2.46. The fourth-order valence-corrected chi connectivity index (χ4v) is 4.73. The van der Waals surface area contributed by atoms with Crippen molar-refractivity contribution in [3.8, 4) is 0 Å². The Morgan fingerprint density at radius 3 is 1.77 bits per heavy atom. The van der Waals surface area contributed by atoms with Crippen LogP contribution in [0.5, 0.6) is 0 Å². The molecular weight excluding hydrogens is 444 g/mol. The number of ketones is 1. The SMILES string of the molecule is CC1(O)CC(=O)C(C(=O)OCc2ccccc2)C(c2ccccc2)C1C(=O)OCc1ccccc1. The Kier molecular flexibility index (Phi) is 7.42. The molecule has 0 heterocycles. The normalized spacial score (nSPS) is 23.9. The van der Waals surface area contributed by atoms with Gasteiger partial charge in [-0.25, -0.2) is 0 Å². The summed E-state index contributed by atoms with van der Waals surface area (Å²) in [6, 6.07) is 27.2. The molecule has 1 aliphatic rings. The third kappa shape index (κ3) is 5.66. The predicted molar refractivity (Wildman–Crippen MR) is 129 cm³/mol. The van der Waals surface area contributed by atoms with Crippen molar-refractivity contribution in [3.05, 3.63) is 108 Å². The van der Waals surface area contributed by atoms with Gasteiger partial charge in [0.15, 0.2) is 5.78 Å². The minimum absolute atomic E-state index is 0.00444. The Morgan fingerprint density at radius 2 is 1.26 bits per heavy atom. The summed E-state index contributed by atoms with van der Waals surface area (Å²) in [5.74, 6) is -5.16. The molecule has 0 radical (unpaired) electrons. The van der Waals surface area contributed by atoms with Gasteiger partial charge >= 0.3 is 11.9 Å². The number of Topliss-reactive ketones (excluding diaryl/α,β-unsaturated/α-hetero) is 1. The molecule has 4 rings (SSSR count). The molecule has 0 amide bonds. The molecule has 180 valence electrons. The smallest absolute Gasteiger partial charge is 0.317 e. The number of benzene rings is 3. The second-order valence-electron chi connectivity index (χ2n) is 9.08. The number of carbonyl (C=O) groups excluding carboxylic acids is 3. The zero-order chi connectivity index (χ0) is 24.8. The Labute approximate surface area is 204 Å². The number of rotatable bonds is 7. The van der Waals surface area contributed by atoms with Gasteiger partial charge in [0.1, 0.15) is 19.1 Å². The summed E-state index contributed by atoms with van der Waals surface area (Å²) in [6.45, 7) is 1.47. The van der Waals surface area contributed by atoms with E-state index >= 15 is 0 Å². The molecule has 1 fully saturated rings. The lowest BCUT2D eigenvalue weighted by atomic mass is 9.62. The third-order valence-corrected chi connectivity index (χ3v) is 6.41. The minimum atomic E-state index is -1.69. The van der Waals surface area contributed by atoms with Gasteiger partial charge in [-0.1, -0.05) is 91.0 Å². The quantitative estimate of drug-likeness (QED) is 0.409. The molecule has 0 bridgehead atoms. The third-order valence-electron chi connectivity index (χ3n) is 6.41. The van der Waals surface area contributed by atoms with Crippen molar-refractivity contribution in [2.45, 2.75) is 38.1 Å². The van der Waals surface area contributed by atoms with Crippen LogP contribution in [-0.2, 0) is 37.1 Å². The maximum atomic E-state index is 13.4. The van der Waals surface area contributed by atoms with Crippen molar-refractivity contribution >= 4 is 17.7 Å². The first-order valence-electron chi connectivity index (χ1n) is 11.6. The number of esters is 2. The lowest BCUT2D eigenvalue weighted by Gasteiger charge is -2.43. The van der Waals surface area contributed by atoms with Crippen LogP contribution in [0.2, 0.25) is 0 Å². The highest BCUT2D eigenvalue weighted by molar-refractivity contribution is 6.02. The van der Waals surface area contributed by atoms with E-state index in [-0.39, 0.29) is 19.6 Å². The summed E-state index contributed by atoms with van der Waals surface area (Å²) in [6.07, 6.45) is -0.355. The number of carbonyl (C=O) groups is 3. The van der Waals surface area contributed by atoms with Gasteiger partial charge in [0.05, 0.1) is 11.5 Å². The van der Waals surface area contributed by atoms with Gasteiger partial charge in [0.25, 0.3) is 0 Å². The van der Waals surface area contributed by atoms with E-state index in [1.807, 2.05) is 60.7 Å². The molecule has 4 atom stereocenters. The second-order valence-corrected chi connectivity index (χ2v) is 9.08. The van der Waals surface area contributed by atoms with E-state index in [1.54, 1.807) is 30.3 Å². The second kappa shape index (κ2) is 10.7. The fourth-order valence-electron chi connectivity index (χ4n) is 4.73. The minimum Gasteiger partial charge on any atom is -0.461 e. The van der Waals surface area contributed by atoms with Crippen molar-refractivity contribution < 1.29 is 29.0 Å².